The third-order valence-electron chi connectivity index (χ3n) is 3.42. The molecule has 0 saturated heterocycles. The molecular formula is C14H14FN3. The molecule has 0 amide bonds. The zero-order valence-electron chi connectivity index (χ0n) is 10.6. The molecule has 3 nitrogen and oxygen atoms in total. The summed E-state index contributed by atoms with van der Waals surface area (Å²) in [6.07, 6.45) is 1.92. The molecule has 0 aliphatic rings. The van der Waals surface area contributed by atoms with Gasteiger partial charge < -0.3 is 4.98 Å². The van der Waals surface area contributed by atoms with E-state index in [1.165, 1.54) is 12.1 Å². The summed E-state index contributed by atoms with van der Waals surface area (Å²) in [6, 6.07) is 4.81. The first-order chi connectivity index (χ1) is 8.58. The molecule has 2 aromatic heterocycles. The summed E-state index contributed by atoms with van der Waals surface area (Å²) >= 11 is 0. The van der Waals surface area contributed by atoms with E-state index in [0.717, 1.165) is 33.4 Å². The van der Waals surface area contributed by atoms with Crippen LogP contribution in [0.25, 0.3) is 22.0 Å². The molecule has 3 aromatic rings. The monoisotopic (exact) mass is 243 g/mol. The molecule has 3 rings (SSSR count). The Morgan fingerprint density at radius 1 is 1.28 bits per heavy atom. The molecule has 0 fully saturated rings. The average Bonchev–Trinajstić information content (AvgIpc) is 2.81. The van der Waals surface area contributed by atoms with Crippen molar-refractivity contribution in [2.75, 3.05) is 0 Å². The van der Waals surface area contributed by atoms with Gasteiger partial charge in [0.25, 0.3) is 0 Å². The highest BCUT2D eigenvalue weighted by atomic mass is 19.1. The summed E-state index contributed by atoms with van der Waals surface area (Å²) in [7, 11) is 1.93. The number of benzene rings is 1. The fourth-order valence-electron chi connectivity index (χ4n) is 2.47. The molecule has 0 saturated carbocycles. The average molecular weight is 243 g/mol. The van der Waals surface area contributed by atoms with E-state index in [0.29, 0.717) is 0 Å². The van der Waals surface area contributed by atoms with Gasteiger partial charge in [0.05, 0.1) is 5.69 Å². The summed E-state index contributed by atoms with van der Waals surface area (Å²) in [5.74, 6) is -0.226. The highest BCUT2D eigenvalue weighted by Gasteiger charge is 2.15. The Morgan fingerprint density at radius 3 is 2.72 bits per heavy atom. The Bertz CT molecular complexity index is 737. The molecule has 1 aromatic carbocycles. The molecule has 0 aliphatic heterocycles. The van der Waals surface area contributed by atoms with Crippen molar-refractivity contribution in [1.82, 2.24) is 14.8 Å². The molecule has 1 N–H and O–H groups in total. The predicted octanol–water partition coefficient (Wildman–Crippen LogP) is 3.32. The topological polar surface area (TPSA) is 33.6 Å². The van der Waals surface area contributed by atoms with E-state index >= 15 is 0 Å². The summed E-state index contributed by atoms with van der Waals surface area (Å²) in [5.41, 5.74) is 5.11. The second-order valence-electron chi connectivity index (χ2n) is 4.56. The fraction of sp³-hybridized carbons (Fsp3) is 0.214. The number of aromatic nitrogens is 3. The number of rotatable bonds is 1. The summed E-state index contributed by atoms with van der Waals surface area (Å²) in [4.78, 5) is 3.11. The van der Waals surface area contributed by atoms with E-state index in [4.69, 9.17) is 0 Å². The van der Waals surface area contributed by atoms with Crippen LogP contribution in [0.4, 0.5) is 4.39 Å². The first kappa shape index (κ1) is 11.0. The van der Waals surface area contributed by atoms with Gasteiger partial charge in [0.15, 0.2) is 0 Å². The van der Waals surface area contributed by atoms with Gasteiger partial charge in [-0.25, -0.2) is 4.39 Å². The van der Waals surface area contributed by atoms with Crippen LogP contribution in [0.5, 0.6) is 0 Å². The van der Waals surface area contributed by atoms with Crippen molar-refractivity contribution in [2.24, 2.45) is 7.05 Å². The number of hydrogen-bond acceptors (Lipinski definition) is 1. The third kappa shape index (κ3) is 1.45. The van der Waals surface area contributed by atoms with Crippen LogP contribution < -0.4 is 0 Å². The van der Waals surface area contributed by atoms with Crippen LogP contribution in [-0.2, 0) is 7.05 Å². The normalized spacial score (nSPS) is 11.3. The van der Waals surface area contributed by atoms with Gasteiger partial charge in [0.2, 0.25) is 0 Å². The van der Waals surface area contributed by atoms with Gasteiger partial charge in [0, 0.05) is 41.0 Å². The quantitative estimate of drug-likeness (QED) is 0.698. The maximum Gasteiger partial charge on any atom is 0.125 e. The molecule has 0 radical (unpaired) electrons. The number of aryl methyl sites for hydroxylation is 2. The van der Waals surface area contributed by atoms with Gasteiger partial charge in [-0.05, 0) is 32.0 Å². The molecule has 0 atom stereocenters. The van der Waals surface area contributed by atoms with E-state index < -0.39 is 0 Å². The maximum absolute atomic E-state index is 13.2. The van der Waals surface area contributed by atoms with Crippen molar-refractivity contribution < 1.29 is 4.39 Å². The summed E-state index contributed by atoms with van der Waals surface area (Å²) in [5, 5.41) is 5.44. The van der Waals surface area contributed by atoms with Crippen LogP contribution in [0.1, 0.15) is 11.4 Å². The number of H-pyrrole nitrogens is 1. The summed E-state index contributed by atoms with van der Waals surface area (Å²) < 4.78 is 15.0. The Kier molecular flexibility index (Phi) is 2.26. The lowest BCUT2D eigenvalue weighted by Crippen LogP contribution is -1.92. The second kappa shape index (κ2) is 3.70. The lowest BCUT2D eigenvalue weighted by molar-refractivity contribution is 0.629. The van der Waals surface area contributed by atoms with E-state index in [1.807, 2.05) is 37.8 Å². The Balaban J connectivity index is 2.32. The van der Waals surface area contributed by atoms with E-state index in [1.54, 1.807) is 0 Å². The minimum absolute atomic E-state index is 0.226. The van der Waals surface area contributed by atoms with Crippen LogP contribution in [-0.4, -0.2) is 14.8 Å². The first-order valence-corrected chi connectivity index (χ1v) is 5.85. The van der Waals surface area contributed by atoms with Crippen molar-refractivity contribution >= 4 is 10.9 Å². The number of nitrogens with one attached hydrogen (secondary N) is 1. The van der Waals surface area contributed by atoms with E-state index in [-0.39, 0.29) is 5.82 Å². The van der Waals surface area contributed by atoms with Gasteiger partial charge in [-0.15, -0.1) is 0 Å². The van der Waals surface area contributed by atoms with Crippen LogP contribution >= 0.6 is 0 Å². The molecule has 4 heteroatoms. The van der Waals surface area contributed by atoms with Gasteiger partial charge in [-0.1, -0.05) is 0 Å². The molecule has 0 spiro atoms. The smallest absolute Gasteiger partial charge is 0.125 e. The van der Waals surface area contributed by atoms with Gasteiger partial charge in [-0.2, -0.15) is 5.10 Å². The van der Waals surface area contributed by atoms with E-state index in [2.05, 4.69) is 10.1 Å². The Morgan fingerprint density at radius 2 is 2.06 bits per heavy atom. The third-order valence-corrected chi connectivity index (χ3v) is 3.42. The molecule has 0 aliphatic carbocycles. The highest BCUT2D eigenvalue weighted by molar-refractivity contribution is 5.96. The van der Waals surface area contributed by atoms with Crippen molar-refractivity contribution in [3.05, 3.63) is 41.6 Å². The van der Waals surface area contributed by atoms with Gasteiger partial charge >= 0.3 is 0 Å². The molecule has 18 heavy (non-hydrogen) atoms. The van der Waals surface area contributed by atoms with Gasteiger partial charge in [-0.3, -0.25) is 4.68 Å². The lowest BCUT2D eigenvalue weighted by atomic mass is 10.0. The minimum Gasteiger partial charge on any atom is -0.360 e. The molecule has 92 valence electrons. The number of nitrogens with zero attached hydrogens (tertiary/aromatic N) is 2. The molecular weight excluding hydrogens is 229 g/mol. The van der Waals surface area contributed by atoms with E-state index in [9.17, 15) is 4.39 Å². The van der Waals surface area contributed by atoms with Crippen LogP contribution in [0, 0.1) is 19.7 Å². The number of fused-ring (bicyclic) bond motifs is 1. The Labute approximate surface area is 104 Å². The summed E-state index contributed by atoms with van der Waals surface area (Å²) in [6.45, 7) is 4.03. The molecule has 0 unspecified atom stereocenters. The van der Waals surface area contributed by atoms with Crippen LogP contribution in [0.2, 0.25) is 0 Å². The highest BCUT2D eigenvalue weighted by Crippen LogP contribution is 2.33. The number of aromatic amines is 1. The van der Waals surface area contributed by atoms with Crippen LogP contribution in [0.15, 0.2) is 24.4 Å². The van der Waals surface area contributed by atoms with Crippen molar-refractivity contribution in [3.63, 3.8) is 0 Å². The maximum atomic E-state index is 13.2. The number of hydrogen-bond donors (Lipinski definition) is 1. The fourth-order valence-corrected chi connectivity index (χ4v) is 2.47. The molecule has 0 bridgehead atoms. The van der Waals surface area contributed by atoms with Crippen molar-refractivity contribution in [2.45, 2.75) is 13.8 Å². The van der Waals surface area contributed by atoms with Crippen molar-refractivity contribution in [1.29, 1.82) is 0 Å². The first-order valence-electron chi connectivity index (χ1n) is 5.85. The zero-order valence-corrected chi connectivity index (χ0v) is 10.6. The zero-order chi connectivity index (χ0) is 12.9. The minimum atomic E-state index is -0.226. The van der Waals surface area contributed by atoms with Gasteiger partial charge in [0.1, 0.15) is 5.82 Å². The van der Waals surface area contributed by atoms with Crippen molar-refractivity contribution in [3.8, 4) is 11.1 Å². The standard InChI is InChI=1S/C14H14FN3/c1-8-14(9(2)18(3)17-8)12-7-16-13-6-10(15)4-5-11(12)13/h4-7,16H,1-3H3. The largest absolute Gasteiger partial charge is 0.360 e. The second-order valence-corrected chi connectivity index (χ2v) is 4.56. The lowest BCUT2D eigenvalue weighted by Gasteiger charge is -2.00. The number of halogens is 1. The molecule has 2 heterocycles. The van der Waals surface area contributed by atoms with Crippen LogP contribution in [0.3, 0.4) is 0 Å². The Hall–Kier alpha value is -2.10. The SMILES string of the molecule is Cc1nn(C)c(C)c1-c1c[nH]c2cc(F)ccc12. The predicted molar refractivity (Wildman–Crippen MR) is 69.9 cm³/mol.